The molecule has 116 valence electrons. The van der Waals surface area contributed by atoms with Crippen molar-refractivity contribution >= 4 is 11.6 Å². The summed E-state index contributed by atoms with van der Waals surface area (Å²) in [6.07, 6.45) is 3.06. The minimum atomic E-state index is -0.316. The number of amides is 1. The number of hydrogen-bond donors (Lipinski definition) is 2. The molecule has 22 heavy (non-hydrogen) atoms. The van der Waals surface area contributed by atoms with Gasteiger partial charge in [0, 0.05) is 12.2 Å². The molecule has 1 aliphatic rings. The van der Waals surface area contributed by atoms with Gasteiger partial charge in [-0.2, -0.15) is 5.10 Å². The smallest absolute Gasteiger partial charge is 0.244 e. The molecule has 0 saturated carbocycles. The molecule has 2 aromatic rings. The van der Waals surface area contributed by atoms with E-state index in [0.29, 0.717) is 19.7 Å². The Kier molecular flexibility index (Phi) is 4.45. The van der Waals surface area contributed by atoms with E-state index in [1.165, 1.54) is 6.33 Å². The third-order valence-electron chi connectivity index (χ3n) is 3.63. The Labute approximate surface area is 128 Å². The second-order valence-corrected chi connectivity index (χ2v) is 5.29. The van der Waals surface area contributed by atoms with Crippen LogP contribution >= 0.6 is 0 Å². The summed E-state index contributed by atoms with van der Waals surface area (Å²) in [7, 11) is 0. The van der Waals surface area contributed by atoms with Crippen LogP contribution in [0.25, 0.3) is 0 Å². The van der Waals surface area contributed by atoms with Crippen LogP contribution in [0.2, 0.25) is 0 Å². The molecule has 0 radical (unpaired) electrons. The number of carbonyl (C=O) groups excluding carboxylic acids is 1. The lowest BCUT2D eigenvalue weighted by atomic mass is 10.1. The van der Waals surface area contributed by atoms with E-state index < -0.39 is 0 Å². The quantitative estimate of drug-likeness (QED) is 0.866. The van der Waals surface area contributed by atoms with Crippen molar-refractivity contribution < 1.29 is 9.53 Å². The number of ether oxygens (including phenoxy) is 1. The number of nitrogens with zero attached hydrogens (tertiary/aromatic N) is 3. The minimum Gasteiger partial charge on any atom is -0.375 e. The van der Waals surface area contributed by atoms with Gasteiger partial charge in [0.05, 0.1) is 19.3 Å². The molecule has 2 N–H and O–H groups in total. The molecule has 1 fully saturated rings. The molecule has 0 bridgehead atoms. The zero-order chi connectivity index (χ0) is 15.4. The van der Waals surface area contributed by atoms with Crippen molar-refractivity contribution in [2.45, 2.75) is 25.6 Å². The Morgan fingerprint density at radius 2 is 2.27 bits per heavy atom. The van der Waals surface area contributed by atoms with Crippen LogP contribution in [0.3, 0.4) is 0 Å². The zero-order valence-electron chi connectivity index (χ0n) is 12.4. The van der Waals surface area contributed by atoms with Gasteiger partial charge >= 0.3 is 0 Å². The first-order chi connectivity index (χ1) is 10.7. The van der Waals surface area contributed by atoms with Crippen molar-refractivity contribution in [3.8, 4) is 0 Å². The SMILES string of the molecule is C[C@H]1OCCN[C@@H]1C(=O)Nc1ccc(Cn2cncn2)cc1. The molecule has 1 aromatic heterocycles. The van der Waals surface area contributed by atoms with E-state index in [1.54, 1.807) is 11.0 Å². The average Bonchev–Trinajstić information content (AvgIpc) is 3.02. The molecule has 7 nitrogen and oxygen atoms in total. The van der Waals surface area contributed by atoms with Crippen LogP contribution in [-0.4, -0.2) is 46.0 Å². The first-order valence-electron chi connectivity index (χ1n) is 7.29. The topological polar surface area (TPSA) is 81.1 Å². The number of morpholine rings is 1. The summed E-state index contributed by atoms with van der Waals surface area (Å²) < 4.78 is 7.24. The van der Waals surface area contributed by atoms with Gasteiger partial charge in [0.15, 0.2) is 0 Å². The number of carbonyl (C=O) groups is 1. The molecule has 2 atom stereocenters. The van der Waals surface area contributed by atoms with Gasteiger partial charge in [0.25, 0.3) is 0 Å². The number of anilines is 1. The van der Waals surface area contributed by atoms with E-state index in [2.05, 4.69) is 20.7 Å². The summed E-state index contributed by atoms with van der Waals surface area (Å²) in [6.45, 7) is 3.89. The standard InChI is InChI=1S/C15H19N5O2/c1-11-14(17-6-7-22-11)15(21)19-13-4-2-12(3-5-13)8-20-10-16-9-18-20/h2-5,9-11,14,17H,6-8H2,1H3,(H,19,21)/t11-,14+/m1/s1. The van der Waals surface area contributed by atoms with Gasteiger partial charge in [-0.1, -0.05) is 12.1 Å². The van der Waals surface area contributed by atoms with Gasteiger partial charge < -0.3 is 15.4 Å². The highest BCUT2D eigenvalue weighted by Gasteiger charge is 2.28. The van der Waals surface area contributed by atoms with Crippen LogP contribution in [0.5, 0.6) is 0 Å². The molecule has 0 aliphatic carbocycles. The van der Waals surface area contributed by atoms with Crippen molar-refractivity contribution in [3.05, 3.63) is 42.5 Å². The number of benzene rings is 1. The first kappa shape index (κ1) is 14.7. The maximum Gasteiger partial charge on any atom is 0.244 e. The van der Waals surface area contributed by atoms with Crippen LogP contribution in [0.1, 0.15) is 12.5 Å². The van der Waals surface area contributed by atoms with Gasteiger partial charge in [-0.15, -0.1) is 0 Å². The van der Waals surface area contributed by atoms with Crippen LogP contribution in [0.4, 0.5) is 5.69 Å². The average molecular weight is 301 g/mol. The molecule has 0 unspecified atom stereocenters. The summed E-state index contributed by atoms with van der Waals surface area (Å²) in [5.41, 5.74) is 1.86. The highest BCUT2D eigenvalue weighted by atomic mass is 16.5. The molecule has 0 spiro atoms. The van der Waals surface area contributed by atoms with E-state index in [4.69, 9.17) is 4.74 Å². The molecule has 1 aliphatic heterocycles. The van der Waals surface area contributed by atoms with Gasteiger partial charge in [0.2, 0.25) is 5.91 Å². The first-order valence-corrected chi connectivity index (χ1v) is 7.29. The van der Waals surface area contributed by atoms with Crippen LogP contribution in [0, 0.1) is 0 Å². The molecule has 2 heterocycles. The molecule has 3 rings (SSSR count). The molecular formula is C15H19N5O2. The third-order valence-corrected chi connectivity index (χ3v) is 3.63. The summed E-state index contributed by atoms with van der Waals surface area (Å²) in [6, 6.07) is 7.39. The highest BCUT2D eigenvalue weighted by molar-refractivity contribution is 5.95. The summed E-state index contributed by atoms with van der Waals surface area (Å²) in [4.78, 5) is 16.2. The number of hydrogen-bond acceptors (Lipinski definition) is 5. The fourth-order valence-corrected chi connectivity index (χ4v) is 2.44. The fourth-order valence-electron chi connectivity index (χ4n) is 2.44. The van der Waals surface area contributed by atoms with E-state index >= 15 is 0 Å². The zero-order valence-corrected chi connectivity index (χ0v) is 12.4. The molecule has 1 saturated heterocycles. The van der Waals surface area contributed by atoms with Gasteiger partial charge in [-0.3, -0.25) is 4.79 Å². The minimum absolute atomic E-state index is 0.0729. The monoisotopic (exact) mass is 301 g/mol. The van der Waals surface area contributed by atoms with E-state index in [9.17, 15) is 4.79 Å². The van der Waals surface area contributed by atoms with Crippen molar-refractivity contribution in [1.29, 1.82) is 0 Å². The Balaban J connectivity index is 1.59. The second-order valence-electron chi connectivity index (χ2n) is 5.29. The molecule has 7 heteroatoms. The lowest BCUT2D eigenvalue weighted by Crippen LogP contribution is -2.53. The lowest BCUT2D eigenvalue weighted by Gasteiger charge is -2.29. The van der Waals surface area contributed by atoms with Gasteiger partial charge in [0.1, 0.15) is 18.7 Å². The highest BCUT2D eigenvalue weighted by Crippen LogP contribution is 2.12. The predicted octanol–water partition coefficient (Wildman–Crippen LogP) is 0.642. The number of aromatic nitrogens is 3. The Hall–Kier alpha value is -2.25. The van der Waals surface area contributed by atoms with Crippen molar-refractivity contribution in [1.82, 2.24) is 20.1 Å². The molecular weight excluding hydrogens is 282 g/mol. The van der Waals surface area contributed by atoms with Crippen molar-refractivity contribution in [2.24, 2.45) is 0 Å². The van der Waals surface area contributed by atoms with E-state index in [-0.39, 0.29) is 18.1 Å². The predicted molar refractivity (Wildman–Crippen MR) is 81.4 cm³/mol. The summed E-state index contributed by atoms with van der Waals surface area (Å²) in [5, 5.41) is 10.2. The van der Waals surface area contributed by atoms with Gasteiger partial charge in [-0.05, 0) is 24.6 Å². The largest absolute Gasteiger partial charge is 0.375 e. The van der Waals surface area contributed by atoms with E-state index in [1.807, 2.05) is 31.2 Å². The van der Waals surface area contributed by atoms with Crippen LogP contribution < -0.4 is 10.6 Å². The van der Waals surface area contributed by atoms with Crippen LogP contribution in [0.15, 0.2) is 36.9 Å². The van der Waals surface area contributed by atoms with E-state index in [0.717, 1.165) is 11.3 Å². The maximum absolute atomic E-state index is 12.2. The lowest BCUT2D eigenvalue weighted by molar-refractivity contribution is -0.123. The molecule has 1 aromatic carbocycles. The normalized spacial score (nSPS) is 21.5. The van der Waals surface area contributed by atoms with Crippen molar-refractivity contribution in [3.63, 3.8) is 0 Å². The van der Waals surface area contributed by atoms with Crippen LogP contribution in [-0.2, 0) is 16.1 Å². The molecule has 1 amide bonds. The van der Waals surface area contributed by atoms with Gasteiger partial charge in [-0.25, -0.2) is 9.67 Å². The maximum atomic E-state index is 12.2. The number of rotatable bonds is 4. The fraction of sp³-hybridized carbons (Fsp3) is 0.400. The third kappa shape index (κ3) is 3.49. The summed E-state index contributed by atoms with van der Waals surface area (Å²) >= 11 is 0. The Bertz CT molecular complexity index is 611. The van der Waals surface area contributed by atoms with Crippen molar-refractivity contribution in [2.75, 3.05) is 18.5 Å². The number of nitrogens with one attached hydrogen (secondary N) is 2. The summed E-state index contributed by atoms with van der Waals surface area (Å²) in [5.74, 6) is -0.0729. The second kappa shape index (κ2) is 6.67. The Morgan fingerprint density at radius 1 is 1.45 bits per heavy atom. The Morgan fingerprint density at radius 3 is 2.95 bits per heavy atom.